The average Bonchev–Trinajstić information content (AvgIpc) is 3.13. The molecule has 0 aliphatic heterocycles. The van der Waals surface area contributed by atoms with Crippen molar-refractivity contribution in [2.75, 3.05) is 5.73 Å². The van der Waals surface area contributed by atoms with Gasteiger partial charge in [-0.25, -0.2) is 4.98 Å². The van der Waals surface area contributed by atoms with E-state index in [-0.39, 0.29) is 0 Å². The highest BCUT2D eigenvalue weighted by atomic mass is 79.9. The number of nitrogens with two attached hydrogens (primary N) is 1. The van der Waals surface area contributed by atoms with Gasteiger partial charge in [-0.2, -0.15) is 0 Å². The van der Waals surface area contributed by atoms with E-state index < -0.39 is 0 Å². The molecular formula is C16H13BrN2O. The Morgan fingerprint density at radius 1 is 1.15 bits per heavy atom. The summed E-state index contributed by atoms with van der Waals surface area (Å²) in [5, 5.41) is 0. The summed E-state index contributed by atoms with van der Waals surface area (Å²) in [4.78, 5) is 4.60. The van der Waals surface area contributed by atoms with E-state index in [0.717, 1.165) is 22.3 Å². The van der Waals surface area contributed by atoms with Crippen LogP contribution in [0.25, 0.3) is 11.1 Å². The van der Waals surface area contributed by atoms with Crippen molar-refractivity contribution in [3.63, 3.8) is 0 Å². The number of halogens is 1. The van der Waals surface area contributed by atoms with Crippen LogP contribution in [0.2, 0.25) is 0 Å². The molecule has 1 heterocycles. The number of nitrogen functional groups attached to an aromatic ring is 1. The molecule has 1 saturated carbocycles. The summed E-state index contributed by atoms with van der Waals surface area (Å²) in [6.07, 6.45) is 1.10. The lowest BCUT2D eigenvalue weighted by molar-refractivity contribution is 0.530. The standard InChI is InChI=1S/C16H13BrN2O/c17-10-6-13(18)15-14(7-10)19-16(20-15)12-8-11(12)9-4-2-1-3-5-9/h1-7,11-12H,8,18H2. The van der Waals surface area contributed by atoms with Crippen LogP contribution in [0.3, 0.4) is 0 Å². The fourth-order valence-electron chi connectivity index (χ4n) is 2.74. The Bertz CT molecular complexity index is 782. The van der Waals surface area contributed by atoms with E-state index in [4.69, 9.17) is 10.2 Å². The number of aromatic nitrogens is 1. The van der Waals surface area contributed by atoms with Crippen LogP contribution in [0.5, 0.6) is 0 Å². The first-order valence-electron chi connectivity index (χ1n) is 6.63. The lowest BCUT2D eigenvalue weighted by Gasteiger charge is -1.96. The minimum Gasteiger partial charge on any atom is -0.438 e. The maximum absolute atomic E-state index is 5.97. The third-order valence-electron chi connectivity index (χ3n) is 3.84. The van der Waals surface area contributed by atoms with E-state index in [1.807, 2.05) is 18.2 Å². The van der Waals surface area contributed by atoms with Crippen LogP contribution in [-0.2, 0) is 0 Å². The Morgan fingerprint density at radius 2 is 1.95 bits per heavy atom. The molecule has 1 aliphatic carbocycles. The fraction of sp³-hybridized carbons (Fsp3) is 0.188. The van der Waals surface area contributed by atoms with Gasteiger partial charge in [0.25, 0.3) is 0 Å². The number of anilines is 1. The Morgan fingerprint density at radius 3 is 2.75 bits per heavy atom. The highest BCUT2D eigenvalue weighted by Crippen LogP contribution is 2.54. The molecule has 2 unspecified atom stereocenters. The lowest BCUT2D eigenvalue weighted by Crippen LogP contribution is -1.84. The van der Waals surface area contributed by atoms with Crippen molar-refractivity contribution in [3.05, 3.63) is 58.4 Å². The van der Waals surface area contributed by atoms with E-state index in [1.165, 1.54) is 5.56 Å². The van der Waals surface area contributed by atoms with Gasteiger partial charge in [0.2, 0.25) is 0 Å². The van der Waals surface area contributed by atoms with Crippen LogP contribution < -0.4 is 5.73 Å². The van der Waals surface area contributed by atoms with E-state index in [9.17, 15) is 0 Å². The number of hydrogen-bond donors (Lipinski definition) is 1. The largest absolute Gasteiger partial charge is 0.438 e. The predicted molar refractivity (Wildman–Crippen MR) is 82.7 cm³/mol. The lowest BCUT2D eigenvalue weighted by atomic mass is 10.1. The summed E-state index contributed by atoms with van der Waals surface area (Å²) < 4.78 is 6.80. The smallest absolute Gasteiger partial charge is 0.199 e. The summed E-state index contributed by atoms with van der Waals surface area (Å²) in [6, 6.07) is 14.3. The normalized spacial score (nSPS) is 21.2. The molecular weight excluding hydrogens is 316 g/mol. The van der Waals surface area contributed by atoms with E-state index in [1.54, 1.807) is 0 Å². The predicted octanol–water partition coefficient (Wildman–Crippen LogP) is 4.44. The number of fused-ring (bicyclic) bond motifs is 1. The molecule has 3 aromatic rings. The molecule has 20 heavy (non-hydrogen) atoms. The van der Waals surface area contributed by atoms with Crippen LogP contribution in [0.1, 0.15) is 29.7 Å². The zero-order valence-electron chi connectivity index (χ0n) is 10.7. The SMILES string of the molecule is Nc1cc(Br)cc2nc(C3CC3c3ccccc3)oc12. The van der Waals surface area contributed by atoms with Crippen molar-refractivity contribution in [1.82, 2.24) is 4.98 Å². The third kappa shape index (κ3) is 1.91. The number of benzene rings is 2. The molecule has 2 atom stereocenters. The minimum absolute atomic E-state index is 0.378. The van der Waals surface area contributed by atoms with Gasteiger partial charge in [-0.15, -0.1) is 0 Å². The van der Waals surface area contributed by atoms with E-state index in [2.05, 4.69) is 45.2 Å². The van der Waals surface area contributed by atoms with Gasteiger partial charge in [0.15, 0.2) is 11.5 Å². The van der Waals surface area contributed by atoms with Gasteiger partial charge >= 0.3 is 0 Å². The molecule has 3 nitrogen and oxygen atoms in total. The molecule has 0 saturated heterocycles. The number of rotatable bonds is 2. The van der Waals surface area contributed by atoms with Crippen LogP contribution in [-0.4, -0.2) is 4.98 Å². The second kappa shape index (κ2) is 4.35. The zero-order chi connectivity index (χ0) is 13.7. The van der Waals surface area contributed by atoms with E-state index in [0.29, 0.717) is 23.1 Å². The van der Waals surface area contributed by atoms with Gasteiger partial charge < -0.3 is 10.2 Å². The van der Waals surface area contributed by atoms with E-state index >= 15 is 0 Å². The fourth-order valence-corrected chi connectivity index (χ4v) is 3.20. The molecule has 0 amide bonds. The van der Waals surface area contributed by atoms with Crippen LogP contribution in [0.4, 0.5) is 5.69 Å². The van der Waals surface area contributed by atoms with Crippen molar-refractivity contribution in [2.24, 2.45) is 0 Å². The quantitative estimate of drug-likeness (QED) is 0.707. The second-order valence-electron chi connectivity index (χ2n) is 5.25. The molecule has 1 fully saturated rings. The molecule has 4 rings (SSSR count). The summed E-state index contributed by atoms with van der Waals surface area (Å²) in [5.74, 6) is 1.70. The first-order valence-corrected chi connectivity index (χ1v) is 7.42. The Kier molecular flexibility index (Phi) is 2.60. The van der Waals surface area contributed by atoms with Gasteiger partial charge in [-0.05, 0) is 30.0 Å². The van der Waals surface area contributed by atoms with Gasteiger partial charge in [0.1, 0.15) is 5.52 Å². The average molecular weight is 329 g/mol. The molecule has 0 radical (unpaired) electrons. The first kappa shape index (κ1) is 12.0. The van der Waals surface area contributed by atoms with Crippen LogP contribution in [0, 0.1) is 0 Å². The maximum Gasteiger partial charge on any atom is 0.199 e. The number of hydrogen-bond acceptors (Lipinski definition) is 3. The number of nitrogens with zero attached hydrogens (tertiary/aromatic N) is 1. The minimum atomic E-state index is 0.378. The topological polar surface area (TPSA) is 52.0 Å². The Balaban J connectivity index is 1.69. The summed E-state index contributed by atoms with van der Waals surface area (Å²) in [5.41, 5.74) is 9.48. The third-order valence-corrected chi connectivity index (χ3v) is 4.29. The zero-order valence-corrected chi connectivity index (χ0v) is 12.3. The monoisotopic (exact) mass is 328 g/mol. The van der Waals surface area contributed by atoms with Gasteiger partial charge in [-0.1, -0.05) is 46.3 Å². The van der Waals surface area contributed by atoms with Crippen molar-refractivity contribution in [2.45, 2.75) is 18.3 Å². The number of oxazole rings is 1. The molecule has 4 heteroatoms. The first-order chi connectivity index (χ1) is 9.72. The van der Waals surface area contributed by atoms with Crippen LogP contribution in [0.15, 0.2) is 51.4 Å². The molecule has 0 spiro atoms. The molecule has 2 N–H and O–H groups in total. The summed E-state index contributed by atoms with van der Waals surface area (Å²) >= 11 is 3.43. The molecule has 1 aromatic heterocycles. The van der Waals surface area contributed by atoms with Crippen molar-refractivity contribution >= 4 is 32.7 Å². The Labute approximate surface area is 124 Å². The maximum atomic E-state index is 5.97. The highest BCUT2D eigenvalue weighted by molar-refractivity contribution is 9.10. The van der Waals surface area contributed by atoms with Crippen LogP contribution >= 0.6 is 15.9 Å². The molecule has 1 aliphatic rings. The van der Waals surface area contributed by atoms with Gasteiger partial charge in [0, 0.05) is 10.4 Å². The van der Waals surface area contributed by atoms with Crippen molar-refractivity contribution < 1.29 is 4.42 Å². The summed E-state index contributed by atoms with van der Waals surface area (Å²) in [7, 11) is 0. The molecule has 2 aromatic carbocycles. The highest BCUT2D eigenvalue weighted by Gasteiger charge is 2.43. The second-order valence-corrected chi connectivity index (χ2v) is 6.17. The molecule has 100 valence electrons. The van der Waals surface area contributed by atoms with Gasteiger partial charge in [0.05, 0.1) is 5.69 Å². The summed E-state index contributed by atoms with van der Waals surface area (Å²) in [6.45, 7) is 0. The van der Waals surface area contributed by atoms with Crippen molar-refractivity contribution in [3.8, 4) is 0 Å². The van der Waals surface area contributed by atoms with Crippen molar-refractivity contribution in [1.29, 1.82) is 0 Å². The Hall–Kier alpha value is -1.81. The van der Waals surface area contributed by atoms with Gasteiger partial charge in [-0.3, -0.25) is 0 Å². The molecule has 0 bridgehead atoms.